The standard InChI is InChI=1S/C13H11BrN4O3S/c1-18-11-10(7-15-13(16-11)22(2,19)20)21-12(17-18)8-5-3-4-6-9(8)14/h3-7H,1-2H3. The van der Waals surface area contributed by atoms with Gasteiger partial charge in [-0.3, -0.25) is 0 Å². The minimum absolute atomic E-state index is 0.263. The number of ether oxygens (including phenoxy) is 1. The van der Waals surface area contributed by atoms with Crippen LogP contribution in [0, 0.1) is 0 Å². The molecule has 0 N–H and O–H groups in total. The molecule has 0 saturated carbocycles. The SMILES string of the molecule is CN1N=C(c2ccccc2Br)Oc2cnc(S(C)(=O)=O)nc21. The van der Waals surface area contributed by atoms with Crippen LogP contribution in [0.5, 0.6) is 5.75 Å². The second kappa shape index (κ2) is 5.33. The summed E-state index contributed by atoms with van der Waals surface area (Å²) in [5, 5.41) is 5.49. The lowest BCUT2D eigenvalue weighted by atomic mass is 10.2. The number of aromatic nitrogens is 2. The Morgan fingerprint density at radius 3 is 2.68 bits per heavy atom. The summed E-state index contributed by atoms with van der Waals surface area (Å²) >= 11 is 3.44. The van der Waals surface area contributed by atoms with E-state index in [1.54, 1.807) is 7.05 Å². The molecule has 0 spiro atoms. The smallest absolute Gasteiger partial charge is 0.249 e. The predicted molar refractivity (Wildman–Crippen MR) is 84.9 cm³/mol. The molecule has 1 aliphatic rings. The Kier molecular flexibility index (Phi) is 3.61. The second-order valence-electron chi connectivity index (χ2n) is 4.62. The fourth-order valence-electron chi connectivity index (χ4n) is 1.88. The Bertz CT molecular complexity index is 883. The molecule has 1 aromatic heterocycles. The van der Waals surface area contributed by atoms with Crippen LogP contribution in [-0.2, 0) is 9.84 Å². The second-order valence-corrected chi connectivity index (χ2v) is 7.39. The minimum Gasteiger partial charge on any atom is -0.431 e. The number of benzene rings is 1. The summed E-state index contributed by atoms with van der Waals surface area (Å²) in [6.45, 7) is 0. The zero-order chi connectivity index (χ0) is 15.9. The maximum absolute atomic E-state index is 11.5. The van der Waals surface area contributed by atoms with Gasteiger partial charge in [-0.25, -0.2) is 18.4 Å². The molecule has 0 atom stereocenters. The van der Waals surface area contributed by atoms with Gasteiger partial charge in [0.05, 0.1) is 11.8 Å². The molecule has 0 saturated heterocycles. The number of rotatable bonds is 2. The first-order valence-electron chi connectivity index (χ1n) is 6.18. The van der Waals surface area contributed by atoms with Crippen LogP contribution in [0.25, 0.3) is 0 Å². The molecule has 3 rings (SSSR count). The molecule has 0 aliphatic carbocycles. The lowest BCUT2D eigenvalue weighted by molar-refractivity contribution is 0.518. The first kappa shape index (κ1) is 14.9. The highest BCUT2D eigenvalue weighted by molar-refractivity contribution is 9.10. The number of nitrogens with zero attached hydrogens (tertiary/aromatic N) is 4. The molecule has 22 heavy (non-hydrogen) atoms. The molecule has 0 radical (unpaired) electrons. The van der Waals surface area contributed by atoms with Gasteiger partial charge in [0, 0.05) is 17.8 Å². The summed E-state index contributed by atoms with van der Waals surface area (Å²) in [7, 11) is -1.83. The molecule has 2 aromatic rings. The molecule has 0 fully saturated rings. The molecular weight excluding hydrogens is 372 g/mol. The summed E-state index contributed by atoms with van der Waals surface area (Å²) in [4.78, 5) is 7.83. The maximum atomic E-state index is 11.5. The number of halogens is 1. The Morgan fingerprint density at radius 1 is 1.27 bits per heavy atom. The van der Waals surface area contributed by atoms with E-state index < -0.39 is 9.84 Å². The quantitative estimate of drug-likeness (QED) is 0.736. The van der Waals surface area contributed by atoms with Crippen LogP contribution in [0.1, 0.15) is 5.56 Å². The normalized spacial score (nSPS) is 14.1. The Morgan fingerprint density at radius 2 is 2.00 bits per heavy atom. The van der Waals surface area contributed by atoms with E-state index in [0.29, 0.717) is 17.5 Å². The predicted octanol–water partition coefficient (Wildman–Crippen LogP) is 1.83. The average molecular weight is 383 g/mol. The van der Waals surface area contributed by atoms with Crippen LogP contribution >= 0.6 is 15.9 Å². The summed E-state index contributed by atoms with van der Waals surface area (Å²) in [6.07, 6.45) is 2.38. The van der Waals surface area contributed by atoms with E-state index in [9.17, 15) is 8.42 Å². The molecule has 1 aromatic carbocycles. The number of anilines is 1. The molecule has 0 unspecified atom stereocenters. The number of sulfone groups is 1. The van der Waals surface area contributed by atoms with Crippen molar-refractivity contribution in [2.75, 3.05) is 18.3 Å². The largest absolute Gasteiger partial charge is 0.431 e. The van der Waals surface area contributed by atoms with Crippen LogP contribution in [0.3, 0.4) is 0 Å². The van der Waals surface area contributed by atoms with Gasteiger partial charge in [0.15, 0.2) is 11.6 Å². The molecule has 7 nitrogen and oxygen atoms in total. The van der Waals surface area contributed by atoms with Gasteiger partial charge in [0.2, 0.25) is 20.9 Å². The van der Waals surface area contributed by atoms with Gasteiger partial charge < -0.3 is 4.74 Å². The zero-order valence-corrected chi connectivity index (χ0v) is 14.1. The number of fused-ring (bicyclic) bond motifs is 1. The molecule has 0 bridgehead atoms. The average Bonchev–Trinajstić information content (AvgIpc) is 2.46. The van der Waals surface area contributed by atoms with Gasteiger partial charge in [0.25, 0.3) is 0 Å². The van der Waals surface area contributed by atoms with E-state index in [2.05, 4.69) is 31.0 Å². The molecule has 0 amide bonds. The molecule has 114 valence electrons. The van der Waals surface area contributed by atoms with E-state index in [1.165, 1.54) is 11.2 Å². The molecular formula is C13H11BrN4O3S. The highest BCUT2D eigenvalue weighted by atomic mass is 79.9. The van der Waals surface area contributed by atoms with Crippen LogP contribution in [0.15, 0.2) is 45.2 Å². The zero-order valence-electron chi connectivity index (χ0n) is 11.7. The highest BCUT2D eigenvalue weighted by Crippen LogP contribution is 2.31. The first-order valence-corrected chi connectivity index (χ1v) is 8.87. The van der Waals surface area contributed by atoms with Crippen molar-refractivity contribution in [1.82, 2.24) is 9.97 Å². The van der Waals surface area contributed by atoms with Crippen molar-refractivity contribution in [2.45, 2.75) is 5.16 Å². The molecule has 2 heterocycles. The summed E-state index contributed by atoms with van der Waals surface area (Å²) in [5.74, 6) is 1.01. The third kappa shape index (κ3) is 2.69. The van der Waals surface area contributed by atoms with Crippen molar-refractivity contribution >= 4 is 37.5 Å². The van der Waals surface area contributed by atoms with Gasteiger partial charge >= 0.3 is 0 Å². The van der Waals surface area contributed by atoms with Crippen LogP contribution in [-0.4, -0.2) is 37.6 Å². The van der Waals surface area contributed by atoms with Crippen LogP contribution in [0.2, 0.25) is 0 Å². The fraction of sp³-hybridized carbons (Fsp3) is 0.154. The topological polar surface area (TPSA) is 84.8 Å². The fourth-order valence-corrected chi connectivity index (χ4v) is 2.83. The number of hydrogen-bond acceptors (Lipinski definition) is 7. The summed E-state index contributed by atoms with van der Waals surface area (Å²) in [5.41, 5.74) is 0.771. The third-order valence-corrected chi connectivity index (χ3v) is 4.46. The monoisotopic (exact) mass is 382 g/mol. The number of hydrazone groups is 1. The lowest BCUT2D eigenvalue weighted by Crippen LogP contribution is -2.26. The van der Waals surface area contributed by atoms with Crippen LogP contribution in [0.4, 0.5) is 5.82 Å². The van der Waals surface area contributed by atoms with E-state index in [0.717, 1.165) is 16.3 Å². The van der Waals surface area contributed by atoms with Crippen molar-refractivity contribution in [1.29, 1.82) is 0 Å². The minimum atomic E-state index is -3.49. The van der Waals surface area contributed by atoms with E-state index >= 15 is 0 Å². The Hall–Kier alpha value is -2.00. The Balaban J connectivity index is 2.05. The summed E-state index contributed by atoms with van der Waals surface area (Å²) in [6, 6.07) is 7.48. The van der Waals surface area contributed by atoms with E-state index in [4.69, 9.17) is 4.74 Å². The molecule has 1 aliphatic heterocycles. The first-order chi connectivity index (χ1) is 10.4. The van der Waals surface area contributed by atoms with Gasteiger partial charge in [-0.15, -0.1) is 5.10 Å². The van der Waals surface area contributed by atoms with Crippen molar-refractivity contribution < 1.29 is 13.2 Å². The van der Waals surface area contributed by atoms with E-state index in [-0.39, 0.29) is 5.16 Å². The number of hydrogen-bond donors (Lipinski definition) is 0. The van der Waals surface area contributed by atoms with Crippen molar-refractivity contribution in [2.24, 2.45) is 5.10 Å². The van der Waals surface area contributed by atoms with E-state index in [1.807, 2.05) is 24.3 Å². The van der Waals surface area contributed by atoms with Crippen molar-refractivity contribution in [3.8, 4) is 5.75 Å². The van der Waals surface area contributed by atoms with Gasteiger partial charge in [0.1, 0.15) is 0 Å². The Labute approximate surface area is 135 Å². The molecule has 9 heteroatoms. The third-order valence-electron chi connectivity index (χ3n) is 2.90. The lowest BCUT2D eigenvalue weighted by Gasteiger charge is -2.23. The van der Waals surface area contributed by atoms with Crippen molar-refractivity contribution in [3.63, 3.8) is 0 Å². The van der Waals surface area contributed by atoms with Crippen LogP contribution < -0.4 is 9.75 Å². The van der Waals surface area contributed by atoms with Gasteiger partial charge in [-0.05, 0) is 28.1 Å². The highest BCUT2D eigenvalue weighted by Gasteiger charge is 2.25. The summed E-state index contributed by atoms with van der Waals surface area (Å²) < 4.78 is 29.6. The van der Waals surface area contributed by atoms with Crippen molar-refractivity contribution in [3.05, 3.63) is 40.5 Å². The maximum Gasteiger partial charge on any atom is 0.249 e. The van der Waals surface area contributed by atoms with Gasteiger partial charge in [-0.1, -0.05) is 12.1 Å². The van der Waals surface area contributed by atoms with Gasteiger partial charge in [-0.2, -0.15) is 4.98 Å².